The normalized spacial score (nSPS) is 11.4. The van der Waals surface area contributed by atoms with Crippen molar-refractivity contribution < 1.29 is 0 Å². The Morgan fingerprint density at radius 3 is 2.95 bits per heavy atom. The van der Waals surface area contributed by atoms with Crippen molar-refractivity contribution in [2.75, 3.05) is 0 Å². The van der Waals surface area contributed by atoms with Gasteiger partial charge in [0.25, 0.3) is 0 Å². The number of para-hydroxylation sites is 1. The standard InChI is InChI=1S/C15H12N4/c1-19-15-7-6-10(8-14(15)17-18-19)12-9-16-13-5-3-2-4-11(12)13/h2-9,16H,1H3. The maximum absolute atomic E-state index is 4.17. The molecule has 0 fully saturated rings. The van der Waals surface area contributed by atoms with Gasteiger partial charge in [-0.25, -0.2) is 4.68 Å². The van der Waals surface area contributed by atoms with Crippen molar-refractivity contribution in [1.82, 2.24) is 20.0 Å². The van der Waals surface area contributed by atoms with Crippen LogP contribution in [-0.2, 0) is 7.05 Å². The fraction of sp³-hybridized carbons (Fsp3) is 0.0667. The van der Waals surface area contributed by atoms with E-state index in [1.165, 1.54) is 10.9 Å². The largest absolute Gasteiger partial charge is 0.361 e. The highest BCUT2D eigenvalue weighted by Crippen LogP contribution is 2.29. The van der Waals surface area contributed by atoms with E-state index in [0.717, 1.165) is 22.1 Å². The van der Waals surface area contributed by atoms with Crippen LogP contribution >= 0.6 is 0 Å². The van der Waals surface area contributed by atoms with E-state index in [2.05, 4.69) is 51.7 Å². The Morgan fingerprint density at radius 2 is 2.00 bits per heavy atom. The molecule has 4 rings (SSSR count). The molecule has 0 radical (unpaired) electrons. The second-order valence-corrected chi connectivity index (χ2v) is 4.66. The zero-order valence-electron chi connectivity index (χ0n) is 10.5. The highest BCUT2D eigenvalue weighted by atomic mass is 15.4. The zero-order chi connectivity index (χ0) is 12.8. The van der Waals surface area contributed by atoms with Gasteiger partial charge in [-0.15, -0.1) is 5.10 Å². The number of benzene rings is 2. The maximum atomic E-state index is 4.17. The van der Waals surface area contributed by atoms with Crippen molar-refractivity contribution in [3.05, 3.63) is 48.7 Å². The molecule has 0 aliphatic heterocycles. The van der Waals surface area contributed by atoms with Crippen molar-refractivity contribution in [3.8, 4) is 11.1 Å². The molecule has 92 valence electrons. The van der Waals surface area contributed by atoms with E-state index in [-0.39, 0.29) is 0 Å². The molecule has 0 amide bonds. The van der Waals surface area contributed by atoms with Gasteiger partial charge in [0.15, 0.2) is 0 Å². The summed E-state index contributed by atoms with van der Waals surface area (Å²) in [6.07, 6.45) is 2.04. The lowest BCUT2D eigenvalue weighted by Gasteiger charge is -2.00. The highest BCUT2D eigenvalue weighted by Gasteiger charge is 2.08. The monoisotopic (exact) mass is 248 g/mol. The second-order valence-electron chi connectivity index (χ2n) is 4.66. The Labute approximate surface area is 109 Å². The Morgan fingerprint density at radius 1 is 1.11 bits per heavy atom. The fourth-order valence-corrected chi connectivity index (χ4v) is 2.52. The third kappa shape index (κ3) is 1.46. The minimum Gasteiger partial charge on any atom is -0.361 e. The van der Waals surface area contributed by atoms with Gasteiger partial charge in [-0.1, -0.05) is 29.5 Å². The molecule has 0 aliphatic rings. The number of aromatic nitrogens is 4. The molecule has 2 aromatic carbocycles. The maximum Gasteiger partial charge on any atom is 0.113 e. The van der Waals surface area contributed by atoms with Gasteiger partial charge < -0.3 is 4.98 Å². The summed E-state index contributed by atoms with van der Waals surface area (Å²) in [5.41, 5.74) is 5.47. The van der Waals surface area contributed by atoms with Crippen LogP contribution in [0.3, 0.4) is 0 Å². The molecule has 0 spiro atoms. The van der Waals surface area contributed by atoms with Crippen LogP contribution in [0.2, 0.25) is 0 Å². The summed E-state index contributed by atoms with van der Waals surface area (Å²) in [7, 11) is 1.90. The highest BCUT2D eigenvalue weighted by molar-refractivity contribution is 5.97. The van der Waals surface area contributed by atoms with E-state index < -0.39 is 0 Å². The first kappa shape index (κ1) is 10.3. The van der Waals surface area contributed by atoms with Gasteiger partial charge in [0.2, 0.25) is 0 Å². The first-order valence-electron chi connectivity index (χ1n) is 6.19. The SMILES string of the molecule is Cn1nnc2cc(-c3c[nH]c4ccccc34)ccc21. The Kier molecular flexibility index (Phi) is 2.00. The van der Waals surface area contributed by atoms with Crippen LogP contribution in [0.1, 0.15) is 0 Å². The molecular weight excluding hydrogens is 236 g/mol. The molecule has 2 aromatic heterocycles. The summed E-state index contributed by atoms with van der Waals surface area (Å²) in [5.74, 6) is 0. The molecule has 0 aliphatic carbocycles. The van der Waals surface area contributed by atoms with Gasteiger partial charge in [0.1, 0.15) is 5.52 Å². The second kappa shape index (κ2) is 3.68. The van der Waals surface area contributed by atoms with Crippen molar-refractivity contribution >= 4 is 21.9 Å². The number of hydrogen-bond donors (Lipinski definition) is 1. The van der Waals surface area contributed by atoms with Crippen LogP contribution in [0.25, 0.3) is 33.1 Å². The number of aromatic amines is 1. The van der Waals surface area contributed by atoms with E-state index in [1.54, 1.807) is 4.68 Å². The van der Waals surface area contributed by atoms with Crippen LogP contribution in [0.15, 0.2) is 48.7 Å². The van der Waals surface area contributed by atoms with Gasteiger partial charge >= 0.3 is 0 Å². The first-order chi connectivity index (χ1) is 9.33. The summed E-state index contributed by atoms with van der Waals surface area (Å²) in [6.45, 7) is 0. The molecule has 0 saturated carbocycles. The van der Waals surface area contributed by atoms with Crippen LogP contribution in [0, 0.1) is 0 Å². The lowest BCUT2D eigenvalue weighted by atomic mass is 10.0. The molecule has 4 heteroatoms. The van der Waals surface area contributed by atoms with E-state index >= 15 is 0 Å². The third-order valence-corrected chi connectivity index (χ3v) is 3.51. The van der Waals surface area contributed by atoms with Gasteiger partial charge in [0.05, 0.1) is 5.52 Å². The number of H-pyrrole nitrogens is 1. The topological polar surface area (TPSA) is 46.5 Å². The van der Waals surface area contributed by atoms with E-state index in [0.29, 0.717) is 0 Å². The van der Waals surface area contributed by atoms with Crippen LogP contribution < -0.4 is 0 Å². The number of aryl methyl sites for hydroxylation is 1. The lowest BCUT2D eigenvalue weighted by Crippen LogP contribution is -1.88. The average Bonchev–Trinajstić information content (AvgIpc) is 3.03. The van der Waals surface area contributed by atoms with Crippen molar-refractivity contribution in [2.45, 2.75) is 0 Å². The zero-order valence-corrected chi connectivity index (χ0v) is 10.5. The predicted molar refractivity (Wildman–Crippen MR) is 75.8 cm³/mol. The van der Waals surface area contributed by atoms with E-state index in [4.69, 9.17) is 0 Å². The Balaban J connectivity index is 1.98. The number of nitrogens with zero attached hydrogens (tertiary/aromatic N) is 3. The van der Waals surface area contributed by atoms with Crippen LogP contribution in [-0.4, -0.2) is 20.0 Å². The van der Waals surface area contributed by atoms with Crippen molar-refractivity contribution in [2.24, 2.45) is 7.05 Å². The summed E-state index contributed by atoms with van der Waals surface area (Å²) in [5, 5.41) is 9.44. The summed E-state index contributed by atoms with van der Waals surface area (Å²) < 4.78 is 1.79. The van der Waals surface area contributed by atoms with Gasteiger partial charge in [-0.2, -0.15) is 0 Å². The molecule has 1 N–H and O–H groups in total. The quantitative estimate of drug-likeness (QED) is 0.562. The summed E-state index contributed by atoms with van der Waals surface area (Å²) in [4.78, 5) is 3.30. The number of hydrogen-bond acceptors (Lipinski definition) is 2. The van der Waals surface area contributed by atoms with Crippen molar-refractivity contribution in [1.29, 1.82) is 0 Å². The average molecular weight is 248 g/mol. The summed E-state index contributed by atoms with van der Waals surface area (Å²) in [6, 6.07) is 14.6. The van der Waals surface area contributed by atoms with Gasteiger partial charge in [-0.3, -0.25) is 0 Å². The smallest absolute Gasteiger partial charge is 0.113 e. The van der Waals surface area contributed by atoms with Crippen molar-refractivity contribution in [3.63, 3.8) is 0 Å². The van der Waals surface area contributed by atoms with Gasteiger partial charge in [-0.05, 0) is 23.8 Å². The number of fused-ring (bicyclic) bond motifs is 2. The minimum absolute atomic E-state index is 0.922. The number of rotatable bonds is 1. The minimum atomic E-state index is 0.922. The van der Waals surface area contributed by atoms with E-state index in [1.807, 2.05) is 19.3 Å². The first-order valence-corrected chi connectivity index (χ1v) is 6.19. The molecule has 4 aromatic rings. The molecule has 0 saturated heterocycles. The lowest BCUT2D eigenvalue weighted by molar-refractivity contribution is 0.736. The van der Waals surface area contributed by atoms with Crippen LogP contribution in [0.5, 0.6) is 0 Å². The van der Waals surface area contributed by atoms with E-state index in [9.17, 15) is 0 Å². The molecule has 0 unspecified atom stereocenters. The third-order valence-electron chi connectivity index (χ3n) is 3.51. The molecule has 4 nitrogen and oxygen atoms in total. The Hall–Kier alpha value is -2.62. The van der Waals surface area contributed by atoms with Crippen LogP contribution in [0.4, 0.5) is 0 Å². The molecule has 0 atom stereocenters. The number of nitrogens with one attached hydrogen (secondary N) is 1. The molecule has 2 heterocycles. The predicted octanol–water partition coefficient (Wildman–Crippen LogP) is 3.12. The summed E-state index contributed by atoms with van der Waals surface area (Å²) >= 11 is 0. The fourth-order valence-electron chi connectivity index (χ4n) is 2.52. The molecule has 19 heavy (non-hydrogen) atoms. The van der Waals surface area contributed by atoms with Gasteiger partial charge in [0, 0.05) is 29.7 Å². The Bertz CT molecular complexity index is 885. The molecule has 0 bridgehead atoms. The molecular formula is C15H12N4.